The number of carbonyl (C=O) groups excluding carboxylic acids is 3. The van der Waals surface area contributed by atoms with Gasteiger partial charge in [-0.1, -0.05) is 6.07 Å². The van der Waals surface area contributed by atoms with Gasteiger partial charge in [-0.3, -0.25) is 34.1 Å². The molecule has 0 aromatic heterocycles. The molecule has 2 aromatic rings. The van der Waals surface area contributed by atoms with Gasteiger partial charge in [0.05, 0.1) is 16.0 Å². The highest BCUT2D eigenvalue weighted by molar-refractivity contribution is 7.99. The summed E-state index contributed by atoms with van der Waals surface area (Å²) >= 11 is 0.835. The molecule has 0 spiro atoms. The fourth-order valence-electron chi connectivity index (χ4n) is 3.04. The second kappa shape index (κ2) is 15.5. The molecule has 0 aliphatic carbocycles. The molecule has 41 heavy (non-hydrogen) atoms. The van der Waals surface area contributed by atoms with E-state index in [-0.39, 0.29) is 46.1 Å². The number of thioether (sulfide) groups is 1. The van der Waals surface area contributed by atoms with Crippen LogP contribution in [0, 0.1) is 10.1 Å². The van der Waals surface area contributed by atoms with Gasteiger partial charge in [0.15, 0.2) is 0 Å². The van der Waals surface area contributed by atoms with Crippen LogP contribution in [0.1, 0.15) is 28.8 Å². The fraction of sp³-hybridized carbons (Fsp3) is 0.250. The molecule has 0 unspecified atom stereocenters. The van der Waals surface area contributed by atoms with Gasteiger partial charge in [-0.25, -0.2) is 5.43 Å². The molecule has 3 amide bonds. The standard InChI is InChI=1S/C24H26N6O10S/c25-16(24(37)38)6-8-20(32)28-17(23(36)26-11-21(33)34)12-41-19-7-1-13(9-18(19)30(39)40)10-27-29-22(35)14-2-4-15(31)5-3-14/h1-5,7,9-10,16-17,31H,6,8,11-12,25H2,(H,26,36)(H,28,32)(H,29,35)(H,33,34)(H,37,38)/b27-10+/t16-,17-/m0/s1. The van der Waals surface area contributed by atoms with E-state index < -0.39 is 53.2 Å². The lowest BCUT2D eigenvalue weighted by molar-refractivity contribution is -0.387. The number of phenolic OH excluding ortho intramolecular Hbond substituents is 1. The number of amides is 3. The number of rotatable bonds is 15. The van der Waals surface area contributed by atoms with Crippen molar-refractivity contribution in [1.82, 2.24) is 16.1 Å². The number of nitro groups is 1. The summed E-state index contributed by atoms with van der Waals surface area (Å²) in [6.07, 6.45) is 0.615. The van der Waals surface area contributed by atoms with Gasteiger partial charge in [-0.05, 0) is 36.8 Å². The average molecular weight is 591 g/mol. The number of benzene rings is 2. The van der Waals surface area contributed by atoms with E-state index in [2.05, 4.69) is 21.2 Å². The average Bonchev–Trinajstić information content (AvgIpc) is 2.92. The van der Waals surface area contributed by atoms with Crippen molar-refractivity contribution >= 4 is 53.3 Å². The predicted molar refractivity (Wildman–Crippen MR) is 144 cm³/mol. The maximum atomic E-state index is 12.5. The summed E-state index contributed by atoms with van der Waals surface area (Å²) < 4.78 is 0. The Morgan fingerprint density at radius 1 is 1.10 bits per heavy atom. The van der Waals surface area contributed by atoms with Crippen LogP contribution in [0.3, 0.4) is 0 Å². The fourth-order valence-corrected chi connectivity index (χ4v) is 4.07. The van der Waals surface area contributed by atoms with Gasteiger partial charge in [-0.15, -0.1) is 11.8 Å². The number of nitro benzene ring substituents is 1. The van der Waals surface area contributed by atoms with E-state index in [0.717, 1.165) is 11.8 Å². The molecule has 16 nitrogen and oxygen atoms in total. The van der Waals surface area contributed by atoms with E-state index in [1.807, 2.05) is 0 Å². The van der Waals surface area contributed by atoms with E-state index in [4.69, 9.17) is 15.9 Å². The van der Waals surface area contributed by atoms with Crippen LogP contribution in [-0.2, 0) is 19.2 Å². The number of nitrogens with one attached hydrogen (secondary N) is 3. The summed E-state index contributed by atoms with van der Waals surface area (Å²) in [5, 5.41) is 46.9. The highest BCUT2D eigenvalue weighted by Gasteiger charge is 2.24. The topological polar surface area (TPSA) is 264 Å². The number of nitrogens with two attached hydrogens (primary N) is 1. The molecule has 0 radical (unpaired) electrons. The van der Waals surface area contributed by atoms with E-state index in [1.54, 1.807) is 0 Å². The van der Waals surface area contributed by atoms with Crippen molar-refractivity contribution in [3.05, 3.63) is 63.7 Å². The SMILES string of the molecule is N[C@@H](CCC(=O)N[C@@H](CSc1ccc(/C=N/NC(=O)c2ccc(O)cc2)cc1[N+](=O)[O-])C(=O)NCC(=O)O)C(=O)O. The number of carboxylic acid groups (broad SMARTS) is 2. The molecule has 2 aromatic carbocycles. The molecule has 0 aliphatic heterocycles. The Balaban J connectivity index is 2.11. The van der Waals surface area contributed by atoms with Crippen LogP contribution in [-0.4, -0.2) is 80.5 Å². The molecule has 17 heteroatoms. The van der Waals surface area contributed by atoms with Crippen LogP contribution in [0.4, 0.5) is 5.69 Å². The van der Waals surface area contributed by atoms with Crippen LogP contribution in [0.15, 0.2) is 52.5 Å². The minimum atomic E-state index is -1.34. The Morgan fingerprint density at radius 3 is 2.39 bits per heavy atom. The van der Waals surface area contributed by atoms with Crippen LogP contribution in [0.5, 0.6) is 5.75 Å². The monoisotopic (exact) mass is 590 g/mol. The molecule has 0 fully saturated rings. The summed E-state index contributed by atoms with van der Waals surface area (Å²) in [7, 11) is 0. The lowest BCUT2D eigenvalue weighted by Gasteiger charge is -2.18. The molecule has 0 heterocycles. The van der Waals surface area contributed by atoms with Crippen molar-refractivity contribution in [3.8, 4) is 5.75 Å². The number of carbonyl (C=O) groups is 5. The van der Waals surface area contributed by atoms with Crippen molar-refractivity contribution < 1.29 is 44.2 Å². The Kier molecular flexibility index (Phi) is 12.2. The van der Waals surface area contributed by atoms with Gasteiger partial charge < -0.3 is 31.7 Å². The third-order valence-corrected chi connectivity index (χ3v) is 6.32. The third kappa shape index (κ3) is 10.9. The van der Waals surface area contributed by atoms with Gasteiger partial charge in [0.25, 0.3) is 11.6 Å². The Hall–Kier alpha value is -5.03. The van der Waals surface area contributed by atoms with Crippen molar-refractivity contribution in [3.63, 3.8) is 0 Å². The number of nitrogens with zero attached hydrogens (tertiary/aromatic N) is 2. The number of hydrazone groups is 1. The van der Waals surface area contributed by atoms with Gasteiger partial charge in [0, 0.05) is 29.4 Å². The third-order valence-electron chi connectivity index (χ3n) is 5.16. The first-order valence-corrected chi connectivity index (χ1v) is 12.7. The Morgan fingerprint density at radius 2 is 1.78 bits per heavy atom. The number of hydrogen-bond donors (Lipinski definition) is 7. The normalized spacial score (nSPS) is 12.2. The molecule has 2 atom stereocenters. The molecule has 0 saturated heterocycles. The number of hydrogen-bond acceptors (Lipinski definition) is 11. The highest BCUT2D eigenvalue weighted by atomic mass is 32.2. The second-order valence-corrected chi connectivity index (χ2v) is 9.32. The number of carboxylic acids is 2. The van der Waals surface area contributed by atoms with Crippen molar-refractivity contribution in [2.45, 2.75) is 29.8 Å². The first-order valence-electron chi connectivity index (χ1n) is 11.7. The van der Waals surface area contributed by atoms with Gasteiger partial charge in [0.2, 0.25) is 11.8 Å². The second-order valence-electron chi connectivity index (χ2n) is 8.26. The zero-order valence-corrected chi connectivity index (χ0v) is 22.0. The van der Waals surface area contributed by atoms with Gasteiger partial charge in [0.1, 0.15) is 24.4 Å². The molecular formula is C24H26N6O10S. The van der Waals surface area contributed by atoms with Gasteiger partial charge in [-0.2, -0.15) is 5.10 Å². The summed E-state index contributed by atoms with van der Waals surface area (Å²) in [5.74, 6) is -5.09. The lowest BCUT2D eigenvalue weighted by atomic mass is 10.1. The van der Waals surface area contributed by atoms with Crippen molar-refractivity contribution in [2.75, 3.05) is 12.3 Å². The molecule has 8 N–H and O–H groups in total. The predicted octanol–water partition coefficient (Wildman–Crippen LogP) is 0.0341. The zero-order chi connectivity index (χ0) is 30.5. The van der Waals surface area contributed by atoms with Crippen LogP contribution >= 0.6 is 11.8 Å². The summed E-state index contributed by atoms with van der Waals surface area (Å²) in [6.45, 7) is -0.739. The largest absolute Gasteiger partial charge is 0.508 e. The van der Waals surface area contributed by atoms with E-state index in [0.29, 0.717) is 0 Å². The smallest absolute Gasteiger partial charge is 0.322 e. The van der Waals surface area contributed by atoms with E-state index in [1.165, 1.54) is 48.7 Å². The van der Waals surface area contributed by atoms with Gasteiger partial charge >= 0.3 is 11.9 Å². The van der Waals surface area contributed by atoms with Crippen LogP contribution in [0.25, 0.3) is 0 Å². The van der Waals surface area contributed by atoms with Crippen molar-refractivity contribution in [2.24, 2.45) is 10.8 Å². The minimum Gasteiger partial charge on any atom is -0.508 e. The van der Waals surface area contributed by atoms with Crippen LogP contribution in [0.2, 0.25) is 0 Å². The lowest BCUT2D eigenvalue weighted by Crippen LogP contribution is -2.49. The highest BCUT2D eigenvalue weighted by Crippen LogP contribution is 2.30. The number of aliphatic carboxylic acids is 2. The van der Waals surface area contributed by atoms with E-state index in [9.17, 15) is 39.2 Å². The molecule has 2 rings (SSSR count). The maximum Gasteiger partial charge on any atom is 0.322 e. The van der Waals surface area contributed by atoms with E-state index >= 15 is 0 Å². The quantitative estimate of drug-likeness (QED) is 0.0627. The summed E-state index contributed by atoms with van der Waals surface area (Å²) in [6, 6.07) is 6.76. The minimum absolute atomic E-state index is 0.0228. The Bertz CT molecular complexity index is 1330. The summed E-state index contributed by atoms with van der Waals surface area (Å²) in [5.41, 5.74) is 7.73. The van der Waals surface area contributed by atoms with Crippen LogP contribution < -0.4 is 21.8 Å². The zero-order valence-electron chi connectivity index (χ0n) is 21.2. The molecule has 0 aliphatic rings. The summed E-state index contributed by atoms with van der Waals surface area (Å²) in [4.78, 5) is 69.7. The van der Waals surface area contributed by atoms with Crippen molar-refractivity contribution in [1.29, 1.82) is 0 Å². The first kappa shape index (κ1) is 32.2. The number of phenols is 1. The molecule has 0 saturated carbocycles. The number of aromatic hydroxyl groups is 1. The first-order chi connectivity index (χ1) is 19.4. The molecular weight excluding hydrogens is 564 g/mol. The Labute approximate surface area is 236 Å². The molecule has 0 bridgehead atoms. The maximum absolute atomic E-state index is 12.5. The molecule has 218 valence electrons.